The fourth-order valence-corrected chi connectivity index (χ4v) is 6.42. The number of hydrogen-bond acceptors (Lipinski definition) is 5. The van der Waals surface area contributed by atoms with Gasteiger partial charge in [-0.25, -0.2) is 8.42 Å². The van der Waals surface area contributed by atoms with Crippen molar-refractivity contribution in [2.24, 2.45) is 0 Å². The van der Waals surface area contributed by atoms with Crippen LogP contribution < -0.4 is 14.4 Å². The largest absolute Gasteiger partial charge is 0.495 e. The Morgan fingerprint density at radius 3 is 2.16 bits per heavy atom. The zero-order valence-electron chi connectivity index (χ0n) is 25.4. The van der Waals surface area contributed by atoms with E-state index in [2.05, 4.69) is 5.32 Å². The summed E-state index contributed by atoms with van der Waals surface area (Å²) < 4.78 is 34.9. The average molecular weight is 649 g/mol. The minimum Gasteiger partial charge on any atom is -0.495 e. The first kappa shape index (κ1) is 34.2. The average Bonchev–Trinajstić information content (AvgIpc) is 2.96. The number of aryl methyl sites for hydroxylation is 2. The number of anilines is 1. The van der Waals surface area contributed by atoms with Crippen LogP contribution in [-0.4, -0.2) is 50.9 Å². The normalized spacial score (nSPS) is 12.7. The highest BCUT2D eigenvalue weighted by Crippen LogP contribution is 2.34. The molecule has 43 heavy (non-hydrogen) atoms. The van der Waals surface area contributed by atoms with Crippen LogP contribution in [0.15, 0.2) is 65.6 Å². The maximum Gasteiger partial charge on any atom is 0.264 e. The topological polar surface area (TPSA) is 96.0 Å². The molecule has 0 heterocycles. The molecule has 0 saturated carbocycles. The number of sulfonamides is 1. The Morgan fingerprint density at radius 2 is 1.58 bits per heavy atom. The Morgan fingerprint density at radius 1 is 0.930 bits per heavy atom. The number of rotatable bonds is 13. The van der Waals surface area contributed by atoms with Gasteiger partial charge in [-0.2, -0.15) is 0 Å². The summed E-state index contributed by atoms with van der Waals surface area (Å²) in [7, 11) is -2.81. The van der Waals surface area contributed by atoms with Crippen LogP contribution in [0.2, 0.25) is 10.0 Å². The van der Waals surface area contributed by atoms with Gasteiger partial charge in [-0.15, -0.1) is 0 Å². The molecule has 0 aliphatic heterocycles. The second-order valence-electron chi connectivity index (χ2n) is 10.5. The van der Waals surface area contributed by atoms with Crippen LogP contribution in [0.4, 0.5) is 5.69 Å². The molecule has 0 spiro atoms. The highest BCUT2D eigenvalue weighted by molar-refractivity contribution is 7.92. The van der Waals surface area contributed by atoms with Crippen molar-refractivity contribution in [1.29, 1.82) is 0 Å². The van der Waals surface area contributed by atoms with Crippen LogP contribution in [0.25, 0.3) is 0 Å². The fraction of sp³-hybridized carbons (Fsp3) is 0.375. The van der Waals surface area contributed by atoms with Crippen LogP contribution in [0.5, 0.6) is 5.75 Å². The smallest absolute Gasteiger partial charge is 0.264 e. The van der Waals surface area contributed by atoms with E-state index in [4.69, 9.17) is 27.9 Å². The summed E-state index contributed by atoms with van der Waals surface area (Å²) in [4.78, 5) is 29.2. The molecule has 0 aliphatic carbocycles. The second-order valence-corrected chi connectivity index (χ2v) is 13.2. The third kappa shape index (κ3) is 8.43. The van der Waals surface area contributed by atoms with Gasteiger partial charge in [0.1, 0.15) is 18.3 Å². The zero-order chi connectivity index (χ0) is 31.9. The van der Waals surface area contributed by atoms with Gasteiger partial charge >= 0.3 is 0 Å². The lowest BCUT2D eigenvalue weighted by Gasteiger charge is -2.34. The van der Waals surface area contributed by atoms with Crippen LogP contribution in [0.3, 0.4) is 0 Å². The number of halogens is 2. The Kier molecular flexibility index (Phi) is 11.9. The summed E-state index contributed by atoms with van der Waals surface area (Å²) in [5, 5.41) is 3.71. The van der Waals surface area contributed by atoms with Crippen molar-refractivity contribution < 1.29 is 22.7 Å². The number of benzene rings is 3. The first-order valence-electron chi connectivity index (χ1n) is 14.1. The first-order valence-corrected chi connectivity index (χ1v) is 16.3. The Labute approximate surface area is 265 Å². The van der Waals surface area contributed by atoms with Crippen LogP contribution in [0, 0.1) is 13.8 Å². The summed E-state index contributed by atoms with van der Waals surface area (Å²) >= 11 is 12.6. The molecule has 1 N–H and O–H groups in total. The van der Waals surface area contributed by atoms with E-state index < -0.39 is 28.5 Å². The summed E-state index contributed by atoms with van der Waals surface area (Å²) in [6.45, 7) is 8.69. The third-order valence-electron chi connectivity index (χ3n) is 7.23. The van der Waals surface area contributed by atoms with E-state index in [1.165, 1.54) is 24.1 Å². The molecular formula is C32H39Cl2N3O5S. The van der Waals surface area contributed by atoms with Gasteiger partial charge < -0.3 is 15.0 Å². The number of ether oxygens (including phenoxy) is 1. The van der Waals surface area contributed by atoms with Crippen molar-refractivity contribution in [2.45, 2.75) is 71.0 Å². The number of amides is 2. The van der Waals surface area contributed by atoms with Gasteiger partial charge in [0.15, 0.2) is 0 Å². The van der Waals surface area contributed by atoms with E-state index in [0.29, 0.717) is 22.0 Å². The van der Waals surface area contributed by atoms with E-state index in [-0.39, 0.29) is 41.2 Å². The van der Waals surface area contributed by atoms with Gasteiger partial charge in [-0.05, 0) is 81.1 Å². The standard InChI is InChI=1S/C32H39Cl2N3O5S/c1-7-23(5)35-32(39)28(8-2)36(19-24-12-13-25(33)18-27(24)34)31(38)20-37(29-17-22(4)11-16-30(29)42-6)43(40,41)26-14-9-21(3)10-15-26/h9-18,23,28H,7-8,19-20H2,1-6H3,(H,35,39). The molecule has 2 atom stereocenters. The number of hydrogen-bond donors (Lipinski definition) is 1. The molecule has 0 aromatic heterocycles. The zero-order valence-corrected chi connectivity index (χ0v) is 27.7. The van der Waals surface area contributed by atoms with Gasteiger partial charge in [0, 0.05) is 22.6 Å². The molecule has 2 unspecified atom stereocenters. The summed E-state index contributed by atoms with van der Waals surface area (Å²) in [5.41, 5.74) is 2.43. The number of carbonyl (C=O) groups excluding carboxylic acids is 2. The van der Waals surface area contributed by atoms with Gasteiger partial charge in [0.2, 0.25) is 11.8 Å². The second kappa shape index (κ2) is 14.9. The lowest BCUT2D eigenvalue weighted by atomic mass is 10.1. The van der Waals surface area contributed by atoms with Crippen LogP contribution in [-0.2, 0) is 26.2 Å². The quantitative estimate of drug-likeness (QED) is 0.227. The molecular weight excluding hydrogens is 609 g/mol. The lowest BCUT2D eigenvalue weighted by molar-refractivity contribution is -0.140. The third-order valence-corrected chi connectivity index (χ3v) is 9.59. The molecule has 232 valence electrons. The number of carbonyl (C=O) groups is 2. The molecule has 0 radical (unpaired) electrons. The molecule has 0 saturated heterocycles. The fourth-order valence-electron chi connectivity index (χ4n) is 4.54. The lowest BCUT2D eigenvalue weighted by Crippen LogP contribution is -2.53. The minimum absolute atomic E-state index is 0.0170. The van der Waals surface area contributed by atoms with Crippen LogP contribution >= 0.6 is 23.2 Å². The maximum absolute atomic E-state index is 14.3. The number of methoxy groups -OCH3 is 1. The SMILES string of the molecule is CCC(C)NC(=O)C(CC)N(Cc1ccc(Cl)cc1Cl)C(=O)CN(c1cc(C)ccc1OC)S(=O)(=O)c1ccc(C)cc1. The van der Waals surface area contributed by atoms with Crippen molar-refractivity contribution >= 4 is 50.7 Å². The molecule has 8 nitrogen and oxygen atoms in total. The number of nitrogens with zero attached hydrogens (tertiary/aromatic N) is 2. The van der Waals surface area contributed by atoms with E-state index in [9.17, 15) is 18.0 Å². The monoisotopic (exact) mass is 647 g/mol. The molecule has 0 bridgehead atoms. The van der Waals surface area contributed by atoms with Crippen molar-refractivity contribution in [3.8, 4) is 5.75 Å². The highest BCUT2D eigenvalue weighted by atomic mass is 35.5. The van der Waals surface area contributed by atoms with Crippen molar-refractivity contribution in [1.82, 2.24) is 10.2 Å². The summed E-state index contributed by atoms with van der Waals surface area (Å²) in [6, 6.07) is 15.4. The predicted octanol–water partition coefficient (Wildman–Crippen LogP) is 6.54. The molecule has 3 rings (SSSR count). The maximum atomic E-state index is 14.3. The first-order chi connectivity index (χ1) is 20.3. The van der Waals surface area contributed by atoms with Gasteiger partial charge in [-0.1, -0.05) is 66.9 Å². The molecule has 3 aromatic rings. The summed E-state index contributed by atoms with van der Waals surface area (Å²) in [5.74, 6) is -0.643. The van der Waals surface area contributed by atoms with E-state index in [1.807, 2.05) is 27.7 Å². The van der Waals surface area contributed by atoms with Gasteiger partial charge in [0.25, 0.3) is 10.0 Å². The van der Waals surface area contributed by atoms with Gasteiger partial charge in [-0.3, -0.25) is 13.9 Å². The minimum atomic E-state index is -4.25. The van der Waals surface area contributed by atoms with Gasteiger partial charge in [0.05, 0.1) is 17.7 Å². The predicted molar refractivity (Wildman–Crippen MR) is 172 cm³/mol. The molecule has 3 aromatic carbocycles. The van der Waals surface area contributed by atoms with Crippen molar-refractivity contribution in [3.05, 3.63) is 87.4 Å². The van der Waals surface area contributed by atoms with Crippen LogP contribution in [0.1, 0.15) is 50.3 Å². The molecule has 11 heteroatoms. The Balaban J connectivity index is 2.15. The molecule has 0 aliphatic rings. The summed E-state index contributed by atoms with van der Waals surface area (Å²) in [6.07, 6.45) is 0.993. The van der Waals surface area contributed by atoms with E-state index in [1.54, 1.807) is 55.5 Å². The van der Waals surface area contributed by atoms with E-state index >= 15 is 0 Å². The Hall–Kier alpha value is -3.27. The van der Waals surface area contributed by atoms with Crippen molar-refractivity contribution in [3.63, 3.8) is 0 Å². The molecule has 0 fully saturated rings. The molecule has 2 amide bonds. The number of nitrogens with one attached hydrogen (secondary N) is 1. The Bertz CT molecular complexity index is 1550. The van der Waals surface area contributed by atoms with Crippen molar-refractivity contribution in [2.75, 3.05) is 18.0 Å². The van der Waals surface area contributed by atoms with E-state index in [0.717, 1.165) is 15.4 Å². The highest BCUT2D eigenvalue weighted by Gasteiger charge is 2.35.